The van der Waals surface area contributed by atoms with Gasteiger partial charge in [0, 0.05) is 44.4 Å². The summed E-state index contributed by atoms with van der Waals surface area (Å²) in [7, 11) is 0. The van der Waals surface area contributed by atoms with Crippen molar-refractivity contribution in [2.24, 2.45) is 11.8 Å². The van der Waals surface area contributed by atoms with E-state index in [-0.39, 0.29) is 59.3 Å². The second kappa shape index (κ2) is 11.7. The van der Waals surface area contributed by atoms with Crippen molar-refractivity contribution < 1.29 is 34.1 Å². The molecule has 0 bridgehead atoms. The Morgan fingerprint density at radius 3 is 2.67 bits per heavy atom. The molecule has 3 aliphatic heterocycles. The predicted octanol–water partition coefficient (Wildman–Crippen LogP) is -0.967. The van der Waals surface area contributed by atoms with Crippen molar-refractivity contribution >= 4 is 34.9 Å². The molecule has 4 aliphatic rings. The Kier molecular flexibility index (Phi) is 7.84. The summed E-state index contributed by atoms with van der Waals surface area (Å²) in [6.45, 7) is 1.91. The first-order chi connectivity index (χ1) is 20.3. The SMILES string of the molecule is Nc1nc(C#CCC2CCN(C(=O)OCC3CNC(=O)C3)CC2)nc2c1ncn2[C@@H]1O[C@H](C(=O)NC2CC2)[C@@H](O)[C@H]1O. The van der Waals surface area contributed by atoms with Gasteiger partial charge in [-0.25, -0.2) is 19.7 Å². The number of hydrogen-bond acceptors (Lipinski definition) is 11. The highest BCUT2D eigenvalue weighted by molar-refractivity contribution is 5.83. The monoisotopic (exact) mass is 582 g/mol. The summed E-state index contributed by atoms with van der Waals surface area (Å²) in [5.41, 5.74) is 6.66. The molecule has 0 aromatic carbocycles. The van der Waals surface area contributed by atoms with E-state index in [2.05, 4.69) is 37.4 Å². The molecule has 5 heterocycles. The largest absolute Gasteiger partial charge is 0.449 e. The minimum atomic E-state index is -1.42. The summed E-state index contributed by atoms with van der Waals surface area (Å²) in [6.07, 6.45) is 0.133. The van der Waals surface area contributed by atoms with E-state index in [9.17, 15) is 24.6 Å². The lowest BCUT2D eigenvalue weighted by molar-refractivity contribution is -0.137. The van der Waals surface area contributed by atoms with Crippen LogP contribution in [0.1, 0.15) is 50.6 Å². The first-order valence-corrected chi connectivity index (χ1v) is 14.3. The molecule has 6 N–H and O–H groups in total. The van der Waals surface area contributed by atoms with Crippen LogP contribution in [0.5, 0.6) is 0 Å². The maximum atomic E-state index is 12.5. The van der Waals surface area contributed by atoms with E-state index >= 15 is 0 Å². The van der Waals surface area contributed by atoms with Crippen molar-refractivity contribution in [3.05, 3.63) is 12.2 Å². The first kappa shape index (κ1) is 28.1. The van der Waals surface area contributed by atoms with Crippen LogP contribution in [-0.4, -0.2) is 103 Å². The highest BCUT2D eigenvalue weighted by Gasteiger charge is 2.48. The van der Waals surface area contributed by atoms with E-state index in [1.54, 1.807) is 4.90 Å². The van der Waals surface area contributed by atoms with Crippen molar-refractivity contribution in [1.29, 1.82) is 0 Å². The Balaban J connectivity index is 1.05. The molecular formula is C27H34N8O7. The summed E-state index contributed by atoms with van der Waals surface area (Å²) < 4.78 is 12.6. The Bertz CT molecular complexity index is 1420. The van der Waals surface area contributed by atoms with Crippen molar-refractivity contribution in [3.8, 4) is 11.8 Å². The van der Waals surface area contributed by atoms with Crippen LogP contribution in [0.3, 0.4) is 0 Å². The number of anilines is 1. The number of carbonyl (C=O) groups excluding carboxylic acids is 3. The average Bonchev–Trinajstić information content (AvgIpc) is 3.39. The third kappa shape index (κ3) is 5.96. The molecule has 2 aromatic heterocycles. The number of amides is 3. The summed E-state index contributed by atoms with van der Waals surface area (Å²) >= 11 is 0. The molecule has 224 valence electrons. The molecule has 5 atom stereocenters. The van der Waals surface area contributed by atoms with Gasteiger partial charge >= 0.3 is 6.09 Å². The van der Waals surface area contributed by atoms with Crippen molar-refractivity contribution in [3.63, 3.8) is 0 Å². The quantitative estimate of drug-likeness (QED) is 0.262. The maximum Gasteiger partial charge on any atom is 0.409 e. The molecule has 0 radical (unpaired) electrons. The van der Waals surface area contributed by atoms with E-state index in [1.165, 1.54) is 10.9 Å². The number of hydrogen-bond donors (Lipinski definition) is 5. The standard InChI is InChI=1S/C27H34N8O7/c28-23-19-24(35(13-30-19)26-21(38)20(37)22(42-26)25(39)31-16-4-5-16)33-17(32-23)3-1-2-14-6-8-34(9-7-14)27(40)41-12-15-10-18(36)29-11-15/h13-16,20-22,26,37-38H,2,4-12H2,(H,29,36)(H,31,39)(H2,28,32,33)/t15?,20-,21+,22-,26+/m0/s1. The van der Waals surface area contributed by atoms with Gasteiger partial charge < -0.3 is 41.0 Å². The first-order valence-electron chi connectivity index (χ1n) is 14.3. The number of aromatic nitrogens is 4. The molecular weight excluding hydrogens is 548 g/mol. The van der Waals surface area contributed by atoms with E-state index in [1.807, 2.05) is 0 Å². The number of imidazole rings is 1. The molecule has 15 nitrogen and oxygen atoms in total. The van der Waals surface area contributed by atoms with Gasteiger partial charge in [0.25, 0.3) is 5.91 Å². The number of nitrogens with zero attached hydrogens (tertiary/aromatic N) is 5. The summed E-state index contributed by atoms with van der Waals surface area (Å²) in [5.74, 6) is 6.15. The highest BCUT2D eigenvalue weighted by atomic mass is 16.6. The number of piperidine rings is 1. The van der Waals surface area contributed by atoms with Crippen LogP contribution < -0.4 is 16.4 Å². The molecule has 3 amide bonds. The number of ether oxygens (including phenoxy) is 2. The minimum Gasteiger partial charge on any atom is -0.449 e. The molecule has 1 unspecified atom stereocenters. The highest BCUT2D eigenvalue weighted by Crippen LogP contribution is 2.33. The molecule has 1 saturated carbocycles. The number of rotatable bonds is 6. The van der Waals surface area contributed by atoms with E-state index in [0.29, 0.717) is 32.5 Å². The van der Waals surface area contributed by atoms with Crippen LogP contribution >= 0.6 is 0 Å². The summed E-state index contributed by atoms with van der Waals surface area (Å²) in [6, 6.07) is 0.0783. The Morgan fingerprint density at radius 2 is 1.95 bits per heavy atom. The topological polar surface area (TPSA) is 207 Å². The van der Waals surface area contributed by atoms with Crippen molar-refractivity contribution in [2.75, 3.05) is 32.0 Å². The third-order valence-corrected chi connectivity index (χ3v) is 8.11. The molecule has 42 heavy (non-hydrogen) atoms. The van der Waals surface area contributed by atoms with Crippen LogP contribution in [0.2, 0.25) is 0 Å². The lowest BCUT2D eigenvalue weighted by Crippen LogP contribution is -2.43. The van der Waals surface area contributed by atoms with Crippen molar-refractivity contribution in [1.82, 2.24) is 35.1 Å². The summed E-state index contributed by atoms with van der Waals surface area (Å²) in [5, 5.41) is 26.7. The lowest BCUT2D eigenvalue weighted by atomic mass is 9.94. The second-order valence-electron chi connectivity index (χ2n) is 11.4. The molecule has 15 heteroatoms. The number of nitrogens with one attached hydrogen (secondary N) is 2. The Morgan fingerprint density at radius 1 is 1.17 bits per heavy atom. The Hall–Kier alpha value is -4.00. The van der Waals surface area contributed by atoms with Gasteiger partial charge in [0.15, 0.2) is 23.8 Å². The second-order valence-corrected chi connectivity index (χ2v) is 11.4. The van der Waals surface area contributed by atoms with Gasteiger partial charge in [0.1, 0.15) is 17.7 Å². The van der Waals surface area contributed by atoms with Gasteiger partial charge in [-0.3, -0.25) is 14.2 Å². The van der Waals surface area contributed by atoms with Gasteiger partial charge in [-0.05, 0) is 37.5 Å². The van der Waals surface area contributed by atoms with Crippen LogP contribution in [-0.2, 0) is 19.1 Å². The molecule has 2 aromatic rings. The zero-order chi connectivity index (χ0) is 29.4. The fraction of sp³-hybridized carbons (Fsp3) is 0.630. The lowest BCUT2D eigenvalue weighted by Gasteiger charge is -2.30. The fourth-order valence-corrected chi connectivity index (χ4v) is 5.45. The molecule has 0 spiro atoms. The average molecular weight is 583 g/mol. The van der Waals surface area contributed by atoms with Crippen LogP contribution in [0, 0.1) is 23.7 Å². The Labute approximate surface area is 241 Å². The zero-order valence-electron chi connectivity index (χ0n) is 22.9. The molecule has 6 rings (SSSR count). The number of fused-ring (bicyclic) bond motifs is 1. The minimum absolute atomic E-state index is 0.0129. The number of aliphatic hydroxyl groups excluding tert-OH is 2. The fourth-order valence-electron chi connectivity index (χ4n) is 5.45. The zero-order valence-corrected chi connectivity index (χ0v) is 22.9. The van der Waals surface area contributed by atoms with Gasteiger partial charge in [-0.15, -0.1) is 0 Å². The van der Waals surface area contributed by atoms with E-state index < -0.39 is 30.4 Å². The van der Waals surface area contributed by atoms with E-state index in [0.717, 1.165) is 25.7 Å². The van der Waals surface area contributed by atoms with Gasteiger partial charge in [0.05, 0.1) is 12.9 Å². The summed E-state index contributed by atoms with van der Waals surface area (Å²) in [4.78, 5) is 50.8. The van der Waals surface area contributed by atoms with Crippen LogP contribution in [0.25, 0.3) is 11.2 Å². The predicted molar refractivity (Wildman–Crippen MR) is 145 cm³/mol. The molecule has 4 fully saturated rings. The van der Waals surface area contributed by atoms with Crippen molar-refractivity contribution in [2.45, 2.75) is 69.1 Å². The number of carbonyl (C=O) groups is 3. The molecule has 3 saturated heterocycles. The maximum absolute atomic E-state index is 12.5. The normalized spacial score (nSPS) is 27.9. The van der Waals surface area contributed by atoms with E-state index in [4.69, 9.17) is 15.2 Å². The van der Waals surface area contributed by atoms with Gasteiger partial charge in [-0.1, -0.05) is 5.92 Å². The third-order valence-electron chi connectivity index (χ3n) is 8.11. The van der Waals surface area contributed by atoms with Crippen LogP contribution in [0.15, 0.2) is 6.33 Å². The smallest absolute Gasteiger partial charge is 0.409 e. The van der Waals surface area contributed by atoms with Gasteiger partial charge in [0.2, 0.25) is 11.7 Å². The van der Waals surface area contributed by atoms with Crippen LogP contribution in [0.4, 0.5) is 10.6 Å². The number of nitrogens with two attached hydrogens (primary N) is 1. The number of likely N-dealkylation sites (tertiary alicyclic amines) is 1. The number of aliphatic hydroxyl groups is 2. The molecule has 1 aliphatic carbocycles. The number of nitrogen functional groups attached to an aromatic ring is 1. The van der Waals surface area contributed by atoms with Gasteiger partial charge in [-0.2, -0.15) is 0 Å².